The average Bonchev–Trinajstić information content (AvgIpc) is 2.38. The number of nitrogens with zero attached hydrogens (tertiary/aromatic N) is 1. The molecule has 96 valence electrons. The lowest BCUT2D eigenvalue weighted by molar-refractivity contribution is 0.590. The molecule has 2 heteroatoms. The summed E-state index contributed by atoms with van der Waals surface area (Å²) in [6, 6.07) is 16.1. The lowest BCUT2D eigenvalue weighted by Crippen LogP contribution is -2.10. The average molecular weight is 250 g/mol. The van der Waals surface area contributed by atoms with E-state index in [9.17, 15) is 0 Å². The van der Waals surface area contributed by atoms with Crippen molar-refractivity contribution in [2.45, 2.75) is 26.2 Å². The fraction of sp³-hybridized carbons (Fsp3) is 0.235. The molecule has 0 saturated carbocycles. The van der Waals surface area contributed by atoms with E-state index in [1.165, 1.54) is 5.56 Å². The van der Waals surface area contributed by atoms with Gasteiger partial charge in [0.15, 0.2) is 0 Å². The first-order valence-electron chi connectivity index (χ1n) is 6.32. The van der Waals surface area contributed by atoms with Crippen molar-refractivity contribution in [3.8, 4) is 17.2 Å². The van der Waals surface area contributed by atoms with Gasteiger partial charge in [0.05, 0.1) is 5.56 Å². The van der Waals surface area contributed by atoms with E-state index >= 15 is 0 Å². The first-order valence-corrected chi connectivity index (χ1v) is 6.32. The van der Waals surface area contributed by atoms with E-state index in [1.54, 1.807) is 6.07 Å². The molecule has 0 fully saturated rings. The first kappa shape index (κ1) is 13.2. The lowest BCUT2D eigenvalue weighted by Gasteiger charge is -2.19. The fourth-order valence-corrected chi connectivity index (χ4v) is 2.00. The summed E-state index contributed by atoms with van der Waals surface area (Å²) in [7, 11) is 0. The van der Waals surface area contributed by atoms with Gasteiger partial charge in [0.1, 0.15) is 6.07 Å². The zero-order valence-electron chi connectivity index (χ0n) is 11.6. The van der Waals surface area contributed by atoms with E-state index in [4.69, 9.17) is 11.0 Å². The van der Waals surface area contributed by atoms with Crippen LogP contribution in [0.25, 0.3) is 11.1 Å². The van der Waals surface area contributed by atoms with Crippen LogP contribution in [0.4, 0.5) is 5.69 Å². The van der Waals surface area contributed by atoms with Crippen LogP contribution in [0, 0.1) is 11.3 Å². The minimum atomic E-state index is 0.150. The van der Waals surface area contributed by atoms with Gasteiger partial charge in [-0.25, -0.2) is 0 Å². The van der Waals surface area contributed by atoms with Crippen LogP contribution < -0.4 is 5.73 Å². The molecular formula is C17H18N2. The maximum Gasteiger partial charge on any atom is 0.101 e. The Balaban J connectivity index is 2.41. The molecular weight excluding hydrogens is 232 g/mol. The predicted molar refractivity (Wildman–Crippen MR) is 79.7 cm³/mol. The van der Waals surface area contributed by atoms with Crippen LogP contribution in [0.3, 0.4) is 0 Å². The van der Waals surface area contributed by atoms with Crippen LogP contribution >= 0.6 is 0 Å². The van der Waals surface area contributed by atoms with E-state index in [2.05, 4.69) is 51.1 Å². The number of nitrogen functional groups attached to an aromatic ring is 1. The maximum absolute atomic E-state index is 9.01. The fourth-order valence-electron chi connectivity index (χ4n) is 2.00. The molecule has 2 aromatic rings. The van der Waals surface area contributed by atoms with Gasteiger partial charge in [-0.15, -0.1) is 0 Å². The van der Waals surface area contributed by atoms with Gasteiger partial charge in [-0.2, -0.15) is 5.26 Å². The molecule has 0 aliphatic rings. The zero-order chi connectivity index (χ0) is 14.0. The summed E-state index contributed by atoms with van der Waals surface area (Å²) in [6.45, 7) is 6.58. The van der Waals surface area contributed by atoms with Gasteiger partial charge in [-0.1, -0.05) is 51.1 Å². The molecule has 2 rings (SSSR count). The molecule has 0 unspecified atom stereocenters. The lowest BCUT2D eigenvalue weighted by atomic mass is 9.86. The Bertz CT molecular complexity index is 626. The molecule has 0 saturated heterocycles. The highest BCUT2D eigenvalue weighted by Gasteiger charge is 2.13. The van der Waals surface area contributed by atoms with Crippen LogP contribution in [0.1, 0.15) is 31.9 Å². The Morgan fingerprint density at radius 1 is 0.947 bits per heavy atom. The Kier molecular flexibility index (Phi) is 3.31. The minimum absolute atomic E-state index is 0.150. The maximum atomic E-state index is 9.01. The van der Waals surface area contributed by atoms with Crippen molar-refractivity contribution < 1.29 is 0 Å². The third kappa shape index (κ3) is 2.77. The Morgan fingerprint density at radius 3 is 2.05 bits per heavy atom. The molecule has 0 aromatic heterocycles. The summed E-state index contributed by atoms with van der Waals surface area (Å²) in [4.78, 5) is 0. The highest BCUT2D eigenvalue weighted by Crippen LogP contribution is 2.27. The molecule has 0 aliphatic carbocycles. The summed E-state index contributed by atoms with van der Waals surface area (Å²) in [5.41, 5.74) is 10.4. The number of hydrogen-bond acceptors (Lipinski definition) is 2. The van der Waals surface area contributed by atoms with E-state index in [0.29, 0.717) is 11.3 Å². The third-order valence-electron chi connectivity index (χ3n) is 3.26. The summed E-state index contributed by atoms with van der Waals surface area (Å²) in [5, 5.41) is 9.01. The molecule has 0 heterocycles. The smallest absolute Gasteiger partial charge is 0.101 e. The summed E-state index contributed by atoms with van der Waals surface area (Å²) in [6.07, 6.45) is 0. The second-order valence-corrected chi connectivity index (χ2v) is 5.74. The Morgan fingerprint density at radius 2 is 1.53 bits per heavy atom. The van der Waals surface area contributed by atoms with E-state index in [0.717, 1.165) is 11.1 Å². The standard InChI is InChI=1S/C17H18N2/c1-17(2,3)15-7-4-12(5-8-15)13-6-9-16(19)14(10-13)11-18/h4-10H,19H2,1-3H3. The molecule has 0 radical (unpaired) electrons. The molecule has 0 atom stereocenters. The van der Waals surface area contributed by atoms with Crippen molar-refractivity contribution in [1.29, 1.82) is 5.26 Å². The van der Waals surface area contributed by atoms with Crippen LogP contribution in [0.2, 0.25) is 0 Å². The van der Waals surface area contributed by atoms with Crippen LogP contribution in [-0.4, -0.2) is 0 Å². The van der Waals surface area contributed by atoms with Gasteiger partial charge in [-0.3, -0.25) is 0 Å². The van der Waals surface area contributed by atoms with Gasteiger partial charge in [0.25, 0.3) is 0 Å². The van der Waals surface area contributed by atoms with Gasteiger partial charge < -0.3 is 5.73 Å². The molecule has 0 spiro atoms. The minimum Gasteiger partial charge on any atom is -0.398 e. The van der Waals surface area contributed by atoms with Crippen LogP contribution in [0.15, 0.2) is 42.5 Å². The van der Waals surface area contributed by atoms with Gasteiger partial charge in [0, 0.05) is 5.69 Å². The number of nitrogens with two attached hydrogens (primary N) is 1. The molecule has 19 heavy (non-hydrogen) atoms. The highest BCUT2D eigenvalue weighted by atomic mass is 14.6. The molecule has 2 aromatic carbocycles. The van der Waals surface area contributed by atoms with Crippen molar-refractivity contribution in [3.05, 3.63) is 53.6 Å². The number of hydrogen-bond donors (Lipinski definition) is 1. The van der Waals surface area contributed by atoms with E-state index < -0.39 is 0 Å². The number of nitriles is 1. The largest absolute Gasteiger partial charge is 0.398 e. The van der Waals surface area contributed by atoms with Crippen molar-refractivity contribution in [2.75, 3.05) is 5.73 Å². The molecule has 0 aliphatic heterocycles. The molecule has 0 amide bonds. The van der Waals surface area contributed by atoms with Crippen molar-refractivity contribution >= 4 is 5.69 Å². The number of benzene rings is 2. The molecule has 2 N–H and O–H groups in total. The third-order valence-corrected chi connectivity index (χ3v) is 3.26. The highest BCUT2D eigenvalue weighted by molar-refractivity contribution is 5.70. The van der Waals surface area contributed by atoms with Gasteiger partial charge >= 0.3 is 0 Å². The Hall–Kier alpha value is -2.27. The second kappa shape index (κ2) is 4.78. The summed E-state index contributed by atoms with van der Waals surface area (Å²) in [5.74, 6) is 0. The first-order chi connectivity index (χ1) is 8.91. The number of anilines is 1. The van der Waals surface area contributed by atoms with E-state index in [1.807, 2.05) is 12.1 Å². The Labute approximate surface area is 114 Å². The number of rotatable bonds is 1. The quantitative estimate of drug-likeness (QED) is 0.774. The summed E-state index contributed by atoms with van der Waals surface area (Å²) >= 11 is 0. The van der Waals surface area contributed by atoms with Crippen molar-refractivity contribution in [1.82, 2.24) is 0 Å². The van der Waals surface area contributed by atoms with E-state index in [-0.39, 0.29) is 5.41 Å². The normalized spacial score (nSPS) is 11.1. The van der Waals surface area contributed by atoms with Crippen LogP contribution in [0.5, 0.6) is 0 Å². The predicted octanol–water partition coefficient (Wildman–Crippen LogP) is 4.10. The van der Waals surface area contributed by atoms with Gasteiger partial charge in [-0.05, 0) is 34.2 Å². The van der Waals surface area contributed by atoms with Crippen LogP contribution in [-0.2, 0) is 5.41 Å². The monoisotopic (exact) mass is 250 g/mol. The molecule has 0 bridgehead atoms. The molecule has 2 nitrogen and oxygen atoms in total. The van der Waals surface area contributed by atoms with Crippen molar-refractivity contribution in [3.63, 3.8) is 0 Å². The summed E-state index contributed by atoms with van der Waals surface area (Å²) < 4.78 is 0. The topological polar surface area (TPSA) is 49.8 Å². The van der Waals surface area contributed by atoms with Gasteiger partial charge in [0.2, 0.25) is 0 Å². The second-order valence-electron chi connectivity index (χ2n) is 5.74. The SMILES string of the molecule is CC(C)(C)c1ccc(-c2ccc(N)c(C#N)c2)cc1. The van der Waals surface area contributed by atoms with Crippen molar-refractivity contribution in [2.24, 2.45) is 0 Å². The zero-order valence-corrected chi connectivity index (χ0v) is 11.6.